The topological polar surface area (TPSA) is 39.7 Å². The van der Waals surface area contributed by atoms with Crippen LogP contribution in [0.1, 0.15) is 18.4 Å². The summed E-state index contributed by atoms with van der Waals surface area (Å²) >= 11 is 12.0. The van der Waals surface area contributed by atoms with Crippen LogP contribution in [0.5, 0.6) is 0 Å². The molecule has 1 amide bonds. The van der Waals surface area contributed by atoms with E-state index in [9.17, 15) is 4.79 Å². The van der Waals surface area contributed by atoms with E-state index in [1.165, 1.54) is 6.42 Å². The molecule has 2 aliphatic rings. The number of aromatic nitrogens is 1. The number of likely N-dealkylation sites (tertiary alicyclic amines) is 1. The number of carbonyl (C=O) groups excluding carboxylic acids is 1. The van der Waals surface area contributed by atoms with Gasteiger partial charge in [0.2, 0.25) is 5.91 Å². The van der Waals surface area contributed by atoms with Gasteiger partial charge in [-0.1, -0.05) is 35.3 Å². The fourth-order valence-electron chi connectivity index (χ4n) is 4.37. The maximum atomic E-state index is 12.7. The molecule has 1 aromatic heterocycles. The lowest BCUT2D eigenvalue weighted by molar-refractivity contribution is -0.127. The Bertz CT molecular complexity index is 913. The number of hydrogen-bond donors (Lipinski definition) is 0. The summed E-state index contributed by atoms with van der Waals surface area (Å²) in [5.74, 6) is 1.65. The number of amides is 1. The third-order valence-electron chi connectivity index (χ3n) is 6.05. The number of piperidine rings is 1. The second-order valence-corrected chi connectivity index (χ2v) is 9.09. The monoisotopic (exact) mass is 458 g/mol. The highest BCUT2D eigenvalue weighted by molar-refractivity contribution is 6.42. The van der Waals surface area contributed by atoms with Crippen molar-refractivity contribution in [2.45, 2.75) is 12.8 Å². The lowest BCUT2D eigenvalue weighted by Gasteiger charge is -2.39. The van der Waals surface area contributed by atoms with Gasteiger partial charge >= 0.3 is 0 Å². The first-order valence-electron chi connectivity index (χ1n) is 10.9. The van der Waals surface area contributed by atoms with Gasteiger partial charge in [0.05, 0.1) is 10.0 Å². The third-order valence-corrected chi connectivity index (χ3v) is 6.79. The largest absolute Gasteiger partial charge is 0.354 e. The average Bonchev–Trinajstić information content (AvgIpc) is 2.81. The van der Waals surface area contributed by atoms with Crippen molar-refractivity contribution in [1.82, 2.24) is 14.8 Å². The molecular weight excluding hydrogens is 431 g/mol. The summed E-state index contributed by atoms with van der Waals surface area (Å²) in [4.78, 5) is 24.0. The molecule has 0 bridgehead atoms. The van der Waals surface area contributed by atoms with Crippen molar-refractivity contribution >= 4 is 41.0 Å². The molecule has 4 rings (SSSR count). The fourth-order valence-corrected chi connectivity index (χ4v) is 4.68. The molecule has 3 heterocycles. The summed E-state index contributed by atoms with van der Waals surface area (Å²) in [6.07, 6.45) is 7.55. The molecule has 0 N–H and O–H groups in total. The molecule has 5 nitrogen and oxygen atoms in total. The van der Waals surface area contributed by atoms with Crippen molar-refractivity contribution in [2.24, 2.45) is 5.92 Å². The number of pyridine rings is 1. The maximum Gasteiger partial charge on any atom is 0.246 e. The van der Waals surface area contributed by atoms with Crippen molar-refractivity contribution in [3.05, 3.63) is 64.3 Å². The Balaban J connectivity index is 1.26. The number of hydrogen-bond acceptors (Lipinski definition) is 4. The van der Waals surface area contributed by atoms with E-state index >= 15 is 0 Å². The number of rotatable bonds is 5. The van der Waals surface area contributed by atoms with Gasteiger partial charge in [0.1, 0.15) is 5.82 Å². The van der Waals surface area contributed by atoms with Gasteiger partial charge in [-0.25, -0.2) is 4.98 Å². The number of piperazine rings is 1. The molecule has 0 aliphatic carbocycles. The van der Waals surface area contributed by atoms with E-state index in [1.54, 1.807) is 18.2 Å². The van der Waals surface area contributed by atoms with Gasteiger partial charge < -0.3 is 9.80 Å². The number of benzene rings is 1. The summed E-state index contributed by atoms with van der Waals surface area (Å²) in [6, 6.07) is 11.5. The minimum absolute atomic E-state index is 0.0655. The molecule has 1 unspecified atom stereocenters. The predicted molar refractivity (Wildman–Crippen MR) is 128 cm³/mol. The van der Waals surface area contributed by atoms with Crippen LogP contribution >= 0.6 is 23.2 Å². The van der Waals surface area contributed by atoms with E-state index in [0.29, 0.717) is 16.0 Å². The van der Waals surface area contributed by atoms with Crippen LogP contribution in [0, 0.1) is 5.92 Å². The van der Waals surface area contributed by atoms with Crippen molar-refractivity contribution in [1.29, 1.82) is 0 Å². The van der Waals surface area contributed by atoms with Gasteiger partial charge in [-0.3, -0.25) is 9.69 Å². The quantitative estimate of drug-likeness (QED) is 0.619. The highest BCUT2D eigenvalue weighted by atomic mass is 35.5. The second kappa shape index (κ2) is 10.5. The Kier molecular flexibility index (Phi) is 7.49. The van der Waals surface area contributed by atoms with Gasteiger partial charge in [-0.05, 0) is 54.7 Å². The molecule has 2 aliphatic heterocycles. The second-order valence-electron chi connectivity index (χ2n) is 8.27. The van der Waals surface area contributed by atoms with Crippen LogP contribution < -0.4 is 4.90 Å². The summed E-state index contributed by atoms with van der Waals surface area (Å²) in [6.45, 7) is 6.78. The van der Waals surface area contributed by atoms with Crippen LogP contribution in [0.2, 0.25) is 10.0 Å². The summed E-state index contributed by atoms with van der Waals surface area (Å²) < 4.78 is 0. The predicted octanol–water partition coefficient (Wildman–Crippen LogP) is 4.46. The van der Waals surface area contributed by atoms with Crippen LogP contribution in [0.25, 0.3) is 6.08 Å². The SMILES string of the molecule is O=C(/C=C/c1ccc(Cl)c(Cl)c1)N1CCCC(CN2CCN(c3ccccn3)CC2)C1. The molecule has 2 aromatic rings. The van der Waals surface area contributed by atoms with E-state index in [2.05, 4.69) is 20.9 Å². The summed E-state index contributed by atoms with van der Waals surface area (Å²) in [5.41, 5.74) is 0.877. The third kappa shape index (κ3) is 6.00. The van der Waals surface area contributed by atoms with Crippen molar-refractivity contribution < 1.29 is 4.79 Å². The zero-order valence-electron chi connectivity index (χ0n) is 17.6. The first kappa shape index (κ1) is 22.1. The number of nitrogens with zero attached hydrogens (tertiary/aromatic N) is 4. The minimum atomic E-state index is 0.0655. The Morgan fingerprint density at radius 2 is 1.90 bits per heavy atom. The Morgan fingerprint density at radius 1 is 1.06 bits per heavy atom. The van der Waals surface area contributed by atoms with Crippen LogP contribution in [0.3, 0.4) is 0 Å². The van der Waals surface area contributed by atoms with Crippen molar-refractivity contribution in [2.75, 3.05) is 50.7 Å². The zero-order chi connectivity index (χ0) is 21.6. The number of carbonyl (C=O) groups is 1. The molecule has 0 saturated carbocycles. The van der Waals surface area contributed by atoms with E-state index in [-0.39, 0.29) is 5.91 Å². The van der Waals surface area contributed by atoms with Crippen LogP contribution in [0.4, 0.5) is 5.82 Å². The molecule has 0 radical (unpaired) electrons. The van der Waals surface area contributed by atoms with Gasteiger partial charge in [-0.15, -0.1) is 0 Å². The van der Waals surface area contributed by atoms with Crippen molar-refractivity contribution in [3.8, 4) is 0 Å². The molecule has 31 heavy (non-hydrogen) atoms. The summed E-state index contributed by atoms with van der Waals surface area (Å²) in [7, 11) is 0. The molecule has 7 heteroatoms. The standard InChI is InChI=1S/C24H28Cl2N4O/c25-21-8-6-19(16-22(21)26)7-9-24(31)30-11-3-4-20(18-30)17-28-12-14-29(15-13-28)23-5-1-2-10-27-23/h1-2,5-10,16,20H,3-4,11-15,17-18H2/b9-7+. The smallest absolute Gasteiger partial charge is 0.246 e. The minimum Gasteiger partial charge on any atom is -0.354 e. The fraction of sp³-hybridized carbons (Fsp3) is 0.417. The molecule has 1 atom stereocenters. The lowest BCUT2D eigenvalue weighted by atomic mass is 9.97. The Morgan fingerprint density at radius 3 is 2.65 bits per heavy atom. The zero-order valence-corrected chi connectivity index (χ0v) is 19.1. The Hall–Kier alpha value is -2.08. The molecule has 164 valence electrons. The highest BCUT2D eigenvalue weighted by Gasteiger charge is 2.26. The molecule has 2 saturated heterocycles. The van der Waals surface area contributed by atoms with E-state index in [4.69, 9.17) is 23.2 Å². The molecule has 2 fully saturated rings. The van der Waals surface area contributed by atoms with Gasteiger partial charge in [-0.2, -0.15) is 0 Å². The summed E-state index contributed by atoms with van der Waals surface area (Å²) in [5, 5.41) is 1.02. The van der Waals surface area contributed by atoms with E-state index < -0.39 is 0 Å². The normalized spacial score (nSPS) is 20.4. The van der Waals surface area contributed by atoms with E-state index in [0.717, 1.165) is 63.6 Å². The lowest BCUT2D eigenvalue weighted by Crippen LogP contribution is -2.50. The number of halogens is 2. The molecule has 1 aromatic carbocycles. The first-order chi connectivity index (χ1) is 15.1. The molecule has 0 spiro atoms. The van der Waals surface area contributed by atoms with Gasteiger partial charge in [0, 0.05) is 58.1 Å². The van der Waals surface area contributed by atoms with Gasteiger partial charge in [0.25, 0.3) is 0 Å². The Labute approximate surface area is 194 Å². The first-order valence-corrected chi connectivity index (χ1v) is 11.6. The maximum absolute atomic E-state index is 12.7. The average molecular weight is 459 g/mol. The van der Waals surface area contributed by atoms with Crippen LogP contribution in [-0.2, 0) is 4.79 Å². The van der Waals surface area contributed by atoms with Crippen LogP contribution in [0.15, 0.2) is 48.7 Å². The molecular formula is C24H28Cl2N4O. The van der Waals surface area contributed by atoms with Gasteiger partial charge in [0.15, 0.2) is 0 Å². The highest BCUT2D eigenvalue weighted by Crippen LogP contribution is 2.24. The van der Waals surface area contributed by atoms with Crippen molar-refractivity contribution in [3.63, 3.8) is 0 Å². The van der Waals surface area contributed by atoms with E-state index in [1.807, 2.05) is 35.4 Å². The number of anilines is 1. The van der Waals surface area contributed by atoms with Crippen LogP contribution in [-0.4, -0.2) is 66.5 Å².